The number of hydrogen-bond acceptors (Lipinski definition) is 4. The first-order valence-corrected chi connectivity index (χ1v) is 11.3. The molecule has 0 spiro atoms. The first kappa shape index (κ1) is 21.5. The van der Waals surface area contributed by atoms with Crippen LogP contribution < -0.4 is 5.32 Å². The molecule has 1 aromatic heterocycles. The van der Waals surface area contributed by atoms with E-state index in [4.69, 9.17) is 0 Å². The zero-order chi connectivity index (χ0) is 21.4. The predicted molar refractivity (Wildman–Crippen MR) is 113 cm³/mol. The Kier molecular flexibility index (Phi) is 5.87. The van der Waals surface area contributed by atoms with Crippen molar-refractivity contribution in [2.24, 2.45) is 13.0 Å². The van der Waals surface area contributed by atoms with E-state index in [1.54, 1.807) is 18.5 Å². The summed E-state index contributed by atoms with van der Waals surface area (Å²) in [5, 5.41) is 3.03. The number of hydrogen-bond donors (Lipinski definition) is 1. The van der Waals surface area contributed by atoms with Crippen molar-refractivity contribution in [3.8, 4) is 0 Å². The van der Waals surface area contributed by atoms with Crippen LogP contribution in [0.2, 0.25) is 0 Å². The first-order chi connectivity index (χ1) is 13.5. The van der Waals surface area contributed by atoms with Crippen molar-refractivity contribution in [2.75, 3.05) is 18.4 Å². The molecule has 3 rings (SSSR count). The van der Waals surface area contributed by atoms with Crippen molar-refractivity contribution in [1.82, 2.24) is 13.9 Å². The van der Waals surface area contributed by atoms with Crippen LogP contribution in [0, 0.1) is 12.8 Å². The number of nitrogens with one attached hydrogen (secondary N) is 1. The van der Waals surface area contributed by atoms with E-state index in [9.17, 15) is 13.2 Å². The molecular weight excluding hydrogens is 388 g/mol. The Hall–Kier alpha value is -2.19. The van der Waals surface area contributed by atoms with Crippen LogP contribution in [0.4, 0.5) is 5.69 Å². The second-order valence-corrected chi connectivity index (χ2v) is 10.6. The number of sulfonamides is 1. The van der Waals surface area contributed by atoms with Gasteiger partial charge in [0.1, 0.15) is 5.82 Å². The molecule has 2 heterocycles. The third-order valence-corrected chi connectivity index (χ3v) is 7.30. The number of aromatic nitrogens is 2. The predicted octanol–water partition coefficient (Wildman–Crippen LogP) is 3.07. The average molecular weight is 419 g/mol. The molecule has 0 atom stereocenters. The maximum Gasteiger partial charge on any atom is 0.262 e. The van der Waals surface area contributed by atoms with Gasteiger partial charge in [0.05, 0.1) is 0 Å². The van der Waals surface area contributed by atoms with Crippen molar-refractivity contribution >= 4 is 21.6 Å². The minimum absolute atomic E-state index is 0.0563. The minimum Gasteiger partial charge on any atom is -0.337 e. The number of benzene rings is 1. The SMILES string of the molecule is Cc1nc(S(=O)(=O)N2CCC(C(=O)Nc3ccc(C(C)(C)C)cc3)CC2)cn1C. The number of carbonyl (C=O) groups is 1. The molecule has 1 aliphatic heterocycles. The molecule has 7 nitrogen and oxygen atoms in total. The van der Waals surface area contributed by atoms with Crippen molar-refractivity contribution < 1.29 is 13.2 Å². The van der Waals surface area contributed by atoms with Crippen LogP contribution in [0.3, 0.4) is 0 Å². The highest BCUT2D eigenvalue weighted by atomic mass is 32.2. The fourth-order valence-corrected chi connectivity index (χ4v) is 4.93. The van der Waals surface area contributed by atoms with E-state index in [-0.39, 0.29) is 22.3 Å². The normalized spacial score (nSPS) is 16.7. The average Bonchev–Trinajstić information content (AvgIpc) is 3.01. The van der Waals surface area contributed by atoms with Gasteiger partial charge in [0, 0.05) is 37.9 Å². The Morgan fingerprint density at radius 3 is 2.21 bits per heavy atom. The quantitative estimate of drug-likeness (QED) is 0.827. The molecule has 158 valence electrons. The molecule has 1 N–H and O–H groups in total. The first-order valence-electron chi connectivity index (χ1n) is 9.90. The van der Waals surface area contributed by atoms with Gasteiger partial charge < -0.3 is 9.88 Å². The van der Waals surface area contributed by atoms with Gasteiger partial charge in [0.25, 0.3) is 10.0 Å². The third-order valence-electron chi connectivity index (χ3n) is 5.53. The molecule has 0 aliphatic carbocycles. The number of piperidine rings is 1. The number of carbonyl (C=O) groups excluding carboxylic acids is 1. The third kappa shape index (κ3) is 4.70. The number of amides is 1. The van der Waals surface area contributed by atoms with Crippen molar-refractivity contribution in [1.29, 1.82) is 0 Å². The van der Waals surface area contributed by atoms with Crippen LogP contribution in [0.1, 0.15) is 45.0 Å². The van der Waals surface area contributed by atoms with E-state index < -0.39 is 10.0 Å². The highest BCUT2D eigenvalue weighted by molar-refractivity contribution is 7.89. The smallest absolute Gasteiger partial charge is 0.262 e. The summed E-state index contributed by atoms with van der Waals surface area (Å²) >= 11 is 0. The fraction of sp³-hybridized carbons (Fsp3) is 0.524. The summed E-state index contributed by atoms with van der Waals surface area (Å²) < 4.78 is 28.7. The Morgan fingerprint density at radius 2 is 1.72 bits per heavy atom. The van der Waals surface area contributed by atoms with Gasteiger partial charge >= 0.3 is 0 Å². The fourth-order valence-electron chi connectivity index (χ4n) is 3.44. The number of anilines is 1. The second kappa shape index (κ2) is 7.91. The van der Waals surface area contributed by atoms with E-state index in [0.29, 0.717) is 31.8 Å². The molecule has 8 heteroatoms. The molecule has 0 radical (unpaired) electrons. The Balaban J connectivity index is 1.59. The van der Waals surface area contributed by atoms with Gasteiger partial charge in [-0.2, -0.15) is 4.31 Å². The van der Waals surface area contributed by atoms with Crippen LogP contribution in [0.5, 0.6) is 0 Å². The molecule has 1 aliphatic rings. The summed E-state index contributed by atoms with van der Waals surface area (Å²) in [4.78, 5) is 16.8. The zero-order valence-corrected chi connectivity index (χ0v) is 18.6. The lowest BCUT2D eigenvalue weighted by Crippen LogP contribution is -2.41. The Morgan fingerprint density at radius 1 is 1.14 bits per heavy atom. The standard InChI is InChI=1S/C21H30N4O3S/c1-15-22-19(14-24(15)5)29(27,28)25-12-10-16(11-13-25)20(26)23-18-8-6-17(7-9-18)21(2,3)4/h6-9,14,16H,10-13H2,1-5H3,(H,23,26). The molecule has 1 fully saturated rings. The van der Waals surface area contributed by atoms with Gasteiger partial charge in [0.2, 0.25) is 5.91 Å². The molecule has 1 aromatic carbocycles. The van der Waals surface area contributed by atoms with E-state index in [1.807, 2.05) is 24.3 Å². The van der Waals surface area contributed by atoms with Gasteiger partial charge in [-0.15, -0.1) is 0 Å². The summed E-state index contributed by atoms with van der Waals surface area (Å²) in [7, 11) is -1.85. The molecular formula is C21H30N4O3S. The monoisotopic (exact) mass is 418 g/mol. The van der Waals surface area contributed by atoms with Crippen LogP contribution in [-0.2, 0) is 27.3 Å². The second-order valence-electron chi connectivity index (χ2n) is 8.73. The molecule has 0 bridgehead atoms. The van der Waals surface area contributed by atoms with Crippen LogP contribution in [0.15, 0.2) is 35.5 Å². The molecule has 1 amide bonds. The molecule has 1 saturated heterocycles. The summed E-state index contributed by atoms with van der Waals surface area (Å²) in [5.74, 6) is 0.392. The van der Waals surface area contributed by atoms with Gasteiger partial charge in [-0.3, -0.25) is 4.79 Å². The van der Waals surface area contributed by atoms with Crippen LogP contribution in [0.25, 0.3) is 0 Å². The number of imidazole rings is 1. The van der Waals surface area contributed by atoms with Crippen molar-refractivity contribution in [2.45, 2.75) is 51.0 Å². The van der Waals surface area contributed by atoms with Gasteiger partial charge in [-0.1, -0.05) is 32.9 Å². The summed E-state index contributed by atoms with van der Waals surface area (Å²) in [6, 6.07) is 7.89. The summed E-state index contributed by atoms with van der Waals surface area (Å²) in [6.45, 7) is 8.85. The van der Waals surface area contributed by atoms with Gasteiger partial charge in [0.15, 0.2) is 5.03 Å². The highest BCUT2D eigenvalue weighted by Crippen LogP contribution is 2.26. The van der Waals surface area contributed by atoms with Gasteiger partial charge in [-0.25, -0.2) is 13.4 Å². The lowest BCUT2D eigenvalue weighted by molar-refractivity contribution is -0.120. The minimum atomic E-state index is -3.62. The largest absolute Gasteiger partial charge is 0.337 e. The van der Waals surface area contributed by atoms with Crippen LogP contribution in [-0.4, -0.2) is 41.3 Å². The van der Waals surface area contributed by atoms with Crippen molar-refractivity contribution in [3.63, 3.8) is 0 Å². The molecule has 2 aromatic rings. The topological polar surface area (TPSA) is 84.3 Å². The van der Waals surface area contributed by atoms with E-state index in [1.165, 1.54) is 16.1 Å². The zero-order valence-electron chi connectivity index (χ0n) is 17.8. The molecule has 29 heavy (non-hydrogen) atoms. The van der Waals surface area contributed by atoms with E-state index in [2.05, 4.69) is 31.1 Å². The maximum absolute atomic E-state index is 12.8. The number of aryl methyl sites for hydroxylation is 2. The lowest BCUT2D eigenvalue weighted by atomic mass is 9.87. The van der Waals surface area contributed by atoms with Crippen molar-refractivity contribution in [3.05, 3.63) is 41.9 Å². The van der Waals surface area contributed by atoms with Crippen LogP contribution >= 0.6 is 0 Å². The van der Waals surface area contributed by atoms with Gasteiger partial charge in [-0.05, 0) is 42.9 Å². The Bertz CT molecular complexity index is 960. The summed E-state index contributed by atoms with van der Waals surface area (Å²) in [5.41, 5.74) is 2.04. The maximum atomic E-state index is 12.8. The lowest BCUT2D eigenvalue weighted by Gasteiger charge is -2.30. The summed E-state index contributed by atoms with van der Waals surface area (Å²) in [6.07, 6.45) is 2.53. The van der Waals surface area contributed by atoms with E-state index >= 15 is 0 Å². The number of nitrogens with zero attached hydrogens (tertiary/aromatic N) is 3. The highest BCUT2D eigenvalue weighted by Gasteiger charge is 2.33. The van der Waals surface area contributed by atoms with E-state index in [0.717, 1.165) is 5.69 Å². The molecule has 0 saturated carbocycles. The molecule has 0 unspecified atom stereocenters. The Labute approximate surface area is 173 Å². The number of rotatable bonds is 4.